The Hall–Kier alpha value is -4.38. The van der Waals surface area contributed by atoms with E-state index < -0.39 is 17.6 Å². The van der Waals surface area contributed by atoms with Crippen molar-refractivity contribution in [3.8, 4) is 0 Å². The van der Waals surface area contributed by atoms with Crippen molar-refractivity contribution in [2.45, 2.75) is 13.3 Å². The Morgan fingerprint density at radius 1 is 1.03 bits per heavy atom. The number of hydrogen-bond donors (Lipinski definition) is 3. The maximum atomic E-state index is 13.8. The Bertz CT molecular complexity index is 1350. The molecule has 4 aromatic rings. The van der Waals surface area contributed by atoms with Gasteiger partial charge < -0.3 is 15.1 Å². The maximum Gasteiger partial charge on any atom is 0.274 e. The van der Waals surface area contributed by atoms with Gasteiger partial charge in [-0.1, -0.05) is 6.07 Å². The van der Waals surface area contributed by atoms with E-state index in [0.717, 1.165) is 17.4 Å². The molecule has 0 bridgehead atoms. The monoisotopic (exact) mass is 479 g/mol. The third kappa shape index (κ3) is 5.51. The Balaban J connectivity index is 1.40. The van der Waals surface area contributed by atoms with Gasteiger partial charge >= 0.3 is 0 Å². The molecule has 0 saturated heterocycles. The molecule has 34 heavy (non-hydrogen) atoms. The third-order valence-electron chi connectivity index (χ3n) is 4.62. The largest absolute Gasteiger partial charge is 0.469 e. The highest BCUT2D eigenvalue weighted by atomic mass is 32.1. The van der Waals surface area contributed by atoms with E-state index in [1.54, 1.807) is 30.5 Å². The molecule has 0 fully saturated rings. The van der Waals surface area contributed by atoms with Crippen molar-refractivity contribution in [1.82, 2.24) is 9.97 Å². The van der Waals surface area contributed by atoms with Crippen LogP contribution in [-0.4, -0.2) is 27.7 Å². The maximum absolute atomic E-state index is 13.8. The summed E-state index contributed by atoms with van der Waals surface area (Å²) in [6.45, 7) is 1.67. The number of nitrogens with zero attached hydrogens (tertiary/aromatic N) is 2. The topological polar surface area (TPSA) is 126 Å². The van der Waals surface area contributed by atoms with Crippen molar-refractivity contribution < 1.29 is 23.2 Å². The van der Waals surface area contributed by atoms with Crippen LogP contribution in [-0.2, 0) is 11.2 Å². The number of nitrogens with one attached hydrogen (secondary N) is 3. The number of carbonyl (C=O) groups excluding carboxylic acids is 3. The number of anilines is 3. The minimum atomic E-state index is -0.584. The Labute approximate surface area is 197 Å². The van der Waals surface area contributed by atoms with Gasteiger partial charge in [-0.2, -0.15) is 0 Å². The number of thiazole rings is 1. The van der Waals surface area contributed by atoms with Crippen molar-refractivity contribution in [2.24, 2.45) is 0 Å². The van der Waals surface area contributed by atoms with E-state index in [4.69, 9.17) is 4.42 Å². The smallest absolute Gasteiger partial charge is 0.274 e. The van der Waals surface area contributed by atoms with Crippen LogP contribution >= 0.6 is 11.3 Å². The first-order valence-electron chi connectivity index (χ1n) is 10.0. The number of aryl methyl sites for hydroxylation is 1. The summed E-state index contributed by atoms with van der Waals surface area (Å²) in [4.78, 5) is 45.4. The first-order chi connectivity index (χ1) is 16.4. The molecule has 9 nitrogen and oxygen atoms in total. The van der Waals surface area contributed by atoms with E-state index in [1.165, 1.54) is 30.7 Å². The van der Waals surface area contributed by atoms with E-state index in [1.807, 2.05) is 0 Å². The molecule has 172 valence electrons. The number of rotatable bonds is 7. The average Bonchev–Trinajstić information content (AvgIpc) is 3.44. The Morgan fingerprint density at radius 3 is 2.62 bits per heavy atom. The molecule has 3 amide bonds. The number of aromatic nitrogens is 2. The number of carbonyl (C=O) groups is 3. The summed E-state index contributed by atoms with van der Waals surface area (Å²) in [5.41, 5.74) is 1.28. The van der Waals surface area contributed by atoms with Crippen LogP contribution in [0.3, 0.4) is 0 Å². The van der Waals surface area contributed by atoms with E-state index in [-0.39, 0.29) is 29.4 Å². The molecule has 4 rings (SSSR count). The van der Waals surface area contributed by atoms with Gasteiger partial charge in [0.15, 0.2) is 5.13 Å². The second-order valence-electron chi connectivity index (χ2n) is 7.07. The summed E-state index contributed by atoms with van der Waals surface area (Å²) in [5.74, 6) is -1.46. The van der Waals surface area contributed by atoms with Gasteiger partial charge in [0.25, 0.3) is 11.8 Å². The summed E-state index contributed by atoms with van der Waals surface area (Å²) in [5, 5.41) is 9.81. The van der Waals surface area contributed by atoms with Gasteiger partial charge in [0, 0.05) is 11.6 Å². The first-order valence-corrected chi connectivity index (χ1v) is 10.9. The molecule has 0 aliphatic carbocycles. The molecule has 0 aliphatic rings. The average molecular weight is 479 g/mol. The van der Waals surface area contributed by atoms with E-state index in [9.17, 15) is 18.8 Å². The van der Waals surface area contributed by atoms with E-state index in [2.05, 4.69) is 25.9 Å². The van der Waals surface area contributed by atoms with Crippen LogP contribution < -0.4 is 16.0 Å². The number of halogens is 1. The number of furan rings is 1. The molecule has 0 saturated carbocycles. The minimum absolute atomic E-state index is 0.0912. The lowest BCUT2D eigenvalue weighted by Crippen LogP contribution is -2.19. The molecule has 3 aromatic heterocycles. The Morgan fingerprint density at radius 2 is 1.88 bits per heavy atom. The van der Waals surface area contributed by atoms with Crippen LogP contribution in [0.2, 0.25) is 0 Å². The van der Waals surface area contributed by atoms with Crippen LogP contribution in [0.5, 0.6) is 0 Å². The predicted octanol–water partition coefficient (Wildman–Crippen LogP) is 4.26. The van der Waals surface area contributed by atoms with Gasteiger partial charge in [-0.3, -0.25) is 24.7 Å². The molecular weight excluding hydrogens is 461 g/mol. The number of amides is 3. The van der Waals surface area contributed by atoms with E-state index in [0.29, 0.717) is 22.1 Å². The SMILES string of the molecule is Cc1occc1C(=O)Nc1nc(CC(=O)Nc2cc(F)ccc2NC(=O)c2ccccn2)cs1. The summed E-state index contributed by atoms with van der Waals surface area (Å²) < 4.78 is 18.9. The highest BCUT2D eigenvalue weighted by Crippen LogP contribution is 2.24. The fraction of sp³-hybridized carbons (Fsp3) is 0.0870. The van der Waals surface area contributed by atoms with Crippen molar-refractivity contribution >= 4 is 45.6 Å². The Kier molecular flexibility index (Phi) is 6.74. The van der Waals surface area contributed by atoms with Crippen molar-refractivity contribution in [1.29, 1.82) is 0 Å². The standard InChI is InChI=1S/C23H18FN5O4S/c1-13-16(7-9-33-13)21(31)29-23-26-15(12-34-23)11-20(30)27-19-10-14(24)5-6-17(19)28-22(32)18-4-2-3-8-25-18/h2-10,12H,11H2,1H3,(H,27,30)(H,28,32)(H,26,29,31). The second kappa shape index (κ2) is 10.0. The van der Waals surface area contributed by atoms with Gasteiger partial charge in [0.2, 0.25) is 5.91 Å². The lowest BCUT2D eigenvalue weighted by molar-refractivity contribution is -0.115. The second-order valence-corrected chi connectivity index (χ2v) is 7.93. The zero-order valence-electron chi connectivity index (χ0n) is 17.8. The van der Waals surface area contributed by atoms with Crippen molar-refractivity contribution in [3.63, 3.8) is 0 Å². The zero-order valence-corrected chi connectivity index (χ0v) is 18.6. The fourth-order valence-corrected chi connectivity index (χ4v) is 3.71. The third-order valence-corrected chi connectivity index (χ3v) is 5.43. The molecule has 3 heterocycles. The van der Waals surface area contributed by atoms with Gasteiger partial charge in [-0.25, -0.2) is 9.37 Å². The number of benzene rings is 1. The number of hydrogen-bond acceptors (Lipinski definition) is 7. The van der Waals surface area contributed by atoms with Gasteiger partial charge in [-0.15, -0.1) is 11.3 Å². The van der Waals surface area contributed by atoms with Crippen LogP contribution in [0.15, 0.2) is 64.7 Å². The summed E-state index contributed by atoms with van der Waals surface area (Å²) in [6, 6.07) is 10.0. The van der Waals surface area contributed by atoms with Crippen LogP contribution in [0.25, 0.3) is 0 Å². The molecule has 3 N–H and O–H groups in total. The molecule has 0 spiro atoms. The number of pyridine rings is 1. The summed E-state index contributed by atoms with van der Waals surface area (Å²) in [6.07, 6.45) is 2.77. The molecular formula is C23H18FN5O4S. The molecule has 0 aliphatic heterocycles. The minimum Gasteiger partial charge on any atom is -0.469 e. The van der Waals surface area contributed by atoms with Crippen molar-refractivity contribution in [3.05, 3.63) is 88.8 Å². The predicted molar refractivity (Wildman–Crippen MR) is 124 cm³/mol. The van der Waals surface area contributed by atoms with Crippen molar-refractivity contribution in [2.75, 3.05) is 16.0 Å². The van der Waals surface area contributed by atoms with Crippen LogP contribution in [0.1, 0.15) is 32.3 Å². The molecule has 0 radical (unpaired) electrons. The zero-order chi connectivity index (χ0) is 24.1. The molecule has 11 heteroatoms. The summed E-state index contributed by atoms with van der Waals surface area (Å²) in [7, 11) is 0. The molecule has 0 atom stereocenters. The fourth-order valence-electron chi connectivity index (χ4n) is 3.00. The molecule has 1 aromatic carbocycles. The first kappa shape index (κ1) is 22.8. The van der Waals surface area contributed by atoms with Gasteiger partial charge in [0.1, 0.15) is 17.3 Å². The summed E-state index contributed by atoms with van der Waals surface area (Å²) >= 11 is 1.16. The van der Waals surface area contributed by atoms with Gasteiger partial charge in [-0.05, 0) is 43.3 Å². The van der Waals surface area contributed by atoms with E-state index >= 15 is 0 Å². The van der Waals surface area contributed by atoms with Crippen LogP contribution in [0, 0.1) is 12.7 Å². The van der Waals surface area contributed by atoms with Gasteiger partial charge in [0.05, 0.1) is 35.3 Å². The highest BCUT2D eigenvalue weighted by Gasteiger charge is 2.16. The molecule has 0 unspecified atom stereocenters. The lowest BCUT2D eigenvalue weighted by Gasteiger charge is -2.12. The normalized spacial score (nSPS) is 10.5. The lowest BCUT2D eigenvalue weighted by atomic mass is 10.2. The van der Waals surface area contributed by atoms with Crippen LogP contribution in [0.4, 0.5) is 20.9 Å². The quantitative estimate of drug-likeness (QED) is 0.364. The highest BCUT2D eigenvalue weighted by molar-refractivity contribution is 7.14.